The van der Waals surface area contributed by atoms with Crippen molar-refractivity contribution in [1.82, 2.24) is 0 Å². The van der Waals surface area contributed by atoms with Gasteiger partial charge in [0.1, 0.15) is 0 Å². The number of carbonyl (C=O) groups is 2. The number of amides is 1. The SMILES string of the molecule is C=C(CC(=O)Nc1ccccc1)C(=O)OCCCC. The van der Waals surface area contributed by atoms with Crippen molar-refractivity contribution >= 4 is 17.6 Å². The van der Waals surface area contributed by atoms with Crippen LogP contribution in [0.1, 0.15) is 26.2 Å². The normalized spacial score (nSPS) is 9.74. The molecule has 0 saturated carbocycles. The van der Waals surface area contributed by atoms with Crippen LogP contribution in [0.2, 0.25) is 0 Å². The number of rotatable bonds is 7. The van der Waals surface area contributed by atoms with Gasteiger partial charge >= 0.3 is 5.97 Å². The van der Waals surface area contributed by atoms with Gasteiger partial charge in [-0.1, -0.05) is 38.1 Å². The van der Waals surface area contributed by atoms with Crippen LogP contribution < -0.4 is 5.32 Å². The molecule has 0 aliphatic rings. The Morgan fingerprint density at radius 3 is 2.58 bits per heavy atom. The van der Waals surface area contributed by atoms with Crippen LogP contribution in [0.5, 0.6) is 0 Å². The first kappa shape index (κ1) is 15.0. The molecule has 0 spiro atoms. The van der Waals surface area contributed by atoms with Gasteiger partial charge in [0.15, 0.2) is 0 Å². The molecule has 102 valence electrons. The van der Waals surface area contributed by atoms with Crippen molar-refractivity contribution in [2.75, 3.05) is 11.9 Å². The molecule has 0 radical (unpaired) electrons. The van der Waals surface area contributed by atoms with Crippen LogP contribution in [0.4, 0.5) is 5.69 Å². The molecule has 0 saturated heterocycles. The summed E-state index contributed by atoms with van der Waals surface area (Å²) in [4.78, 5) is 23.2. The Kier molecular flexibility index (Phi) is 6.36. The second-order valence-electron chi connectivity index (χ2n) is 4.18. The number of carbonyl (C=O) groups excluding carboxylic acids is 2. The van der Waals surface area contributed by atoms with Gasteiger partial charge in [0.2, 0.25) is 5.91 Å². The van der Waals surface area contributed by atoms with Gasteiger partial charge in [-0.05, 0) is 18.6 Å². The van der Waals surface area contributed by atoms with Crippen molar-refractivity contribution in [3.8, 4) is 0 Å². The molecule has 0 atom stereocenters. The Labute approximate surface area is 113 Å². The summed E-state index contributed by atoms with van der Waals surface area (Å²) >= 11 is 0. The molecule has 0 aliphatic carbocycles. The molecule has 0 fully saturated rings. The maximum Gasteiger partial charge on any atom is 0.333 e. The zero-order valence-electron chi connectivity index (χ0n) is 11.1. The molecule has 0 aliphatic heterocycles. The first-order valence-corrected chi connectivity index (χ1v) is 6.33. The number of unbranched alkanes of at least 4 members (excludes halogenated alkanes) is 1. The summed E-state index contributed by atoms with van der Waals surface area (Å²) in [5, 5.41) is 2.69. The van der Waals surface area contributed by atoms with Gasteiger partial charge in [-0.15, -0.1) is 0 Å². The zero-order valence-corrected chi connectivity index (χ0v) is 11.1. The standard InChI is InChI=1S/C15H19NO3/c1-3-4-10-19-15(18)12(2)11-14(17)16-13-8-6-5-7-9-13/h5-9H,2-4,10-11H2,1H3,(H,16,17). The Morgan fingerprint density at radius 2 is 1.95 bits per heavy atom. The zero-order chi connectivity index (χ0) is 14.1. The molecule has 1 aromatic carbocycles. The minimum atomic E-state index is -0.503. The summed E-state index contributed by atoms with van der Waals surface area (Å²) < 4.78 is 4.98. The van der Waals surface area contributed by atoms with Gasteiger partial charge < -0.3 is 10.1 Å². The second kappa shape index (κ2) is 8.08. The lowest BCUT2D eigenvalue weighted by Gasteiger charge is -2.07. The van der Waals surface area contributed by atoms with Gasteiger partial charge in [-0.2, -0.15) is 0 Å². The van der Waals surface area contributed by atoms with Crippen LogP contribution >= 0.6 is 0 Å². The van der Waals surface area contributed by atoms with Gasteiger partial charge in [0.05, 0.1) is 13.0 Å². The Hall–Kier alpha value is -2.10. The fourth-order valence-corrected chi connectivity index (χ4v) is 1.40. The molecule has 0 aromatic heterocycles. The van der Waals surface area contributed by atoms with E-state index in [9.17, 15) is 9.59 Å². The van der Waals surface area contributed by atoms with E-state index < -0.39 is 5.97 Å². The minimum Gasteiger partial charge on any atom is -0.462 e. The highest BCUT2D eigenvalue weighted by atomic mass is 16.5. The molecule has 1 N–H and O–H groups in total. The van der Waals surface area contributed by atoms with Crippen molar-refractivity contribution in [1.29, 1.82) is 0 Å². The quantitative estimate of drug-likeness (QED) is 0.466. The molecule has 0 bridgehead atoms. The van der Waals surface area contributed by atoms with Gasteiger partial charge in [0.25, 0.3) is 0 Å². The molecule has 19 heavy (non-hydrogen) atoms. The van der Waals surface area contributed by atoms with E-state index in [0.717, 1.165) is 12.8 Å². The molecule has 0 heterocycles. The first-order valence-electron chi connectivity index (χ1n) is 6.33. The predicted octanol–water partition coefficient (Wildman–Crippen LogP) is 2.91. The average molecular weight is 261 g/mol. The summed E-state index contributed by atoms with van der Waals surface area (Å²) in [5.74, 6) is -0.777. The van der Waals surface area contributed by atoms with E-state index in [4.69, 9.17) is 4.74 Å². The molecular formula is C15H19NO3. The number of nitrogens with one attached hydrogen (secondary N) is 1. The molecule has 4 nitrogen and oxygen atoms in total. The number of benzene rings is 1. The Morgan fingerprint density at radius 1 is 1.26 bits per heavy atom. The van der Waals surface area contributed by atoms with E-state index in [-0.39, 0.29) is 17.9 Å². The molecule has 4 heteroatoms. The fourth-order valence-electron chi connectivity index (χ4n) is 1.40. The summed E-state index contributed by atoms with van der Waals surface area (Å²) in [6, 6.07) is 9.06. The van der Waals surface area contributed by atoms with Crippen LogP contribution in [-0.2, 0) is 14.3 Å². The van der Waals surface area contributed by atoms with Crippen molar-refractivity contribution in [2.24, 2.45) is 0 Å². The third-order valence-corrected chi connectivity index (χ3v) is 2.45. The topological polar surface area (TPSA) is 55.4 Å². The number of para-hydroxylation sites is 1. The van der Waals surface area contributed by atoms with Crippen LogP contribution in [0, 0.1) is 0 Å². The second-order valence-corrected chi connectivity index (χ2v) is 4.18. The summed E-state index contributed by atoms with van der Waals surface area (Å²) in [5.41, 5.74) is 0.865. The maximum atomic E-state index is 11.7. The largest absolute Gasteiger partial charge is 0.462 e. The van der Waals surface area contributed by atoms with Gasteiger partial charge in [-0.3, -0.25) is 4.79 Å². The van der Waals surface area contributed by atoms with Crippen molar-refractivity contribution in [2.45, 2.75) is 26.2 Å². The maximum absolute atomic E-state index is 11.7. The Balaban J connectivity index is 2.35. The molecule has 0 unspecified atom stereocenters. The number of esters is 1. The molecule has 1 aromatic rings. The predicted molar refractivity (Wildman–Crippen MR) is 74.7 cm³/mol. The van der Waals surface area contributed by atoms with Crippen molar-refractivity contribution in [3.05, 3.63) is 42.5 Å². The highest BCUT2D eigenvalue weighted by Crippen LogP contribution is 2.08. The van der Waals surface area contributed by atoms with E-state index in [2.05, 4.69) is 11.9 Å². The smallest absolute Gasteiger partial charge is 0.333 e. The molecule has 1 rings (SSSR count). The first-order chi connectivity index (χ1) is 9.13. The number of anilines is 1. The average Bonchev–Trinajstić information content (AvgIpc) is 2.39. The monoisotopic (exact) mass is 261 g/mol. The van der Waals surface area contributed by atoms with E-state index in [1.54, 1.807) is 12.1 Å². The van der Waals surface area contributed by atoms with Crippen molar-refractivity contribution in [3.63, 3.8) is 0 Å². The number of hydrogen-bond acceptors (Lipinski definition) is 3. The summed E-state index contributed by atoms with van der Waals surface area (Å²) in [6.45, 7) is 5.96. The van der Waals surface area contributed by atoms with E-state index in [1.807, 2.05) is 25.1 Å². The minimum absolute atomic E-state index is 0.0557. The Bertz CT molecular complexity index is 440. The third kappa shape index (κ3) is 5.86. The highest BCUT2D eigenvalue weighted by Gasteiger charge is 2.13. The molecule has 1 amide bonds. The third-order valence-electron chi connectivity index (χ3n) is 2.45. The van der Waals surface area contributed by atoms with E-state index in [1.165, 1.54) is 0 Å². The fraction of sp³-hybridized carbons (Fsp3) is 0.333. The lowest BCUT2D eigenvalue weighted by atomic mass is 10.2. The lowest BCUT2D eigenvalue weighted by molar-refractivity contribution is -0.139. The summed E-state index contributed by atoms with van der Waals surface area (Å²) in [6.07, 6.45) is 1.71. The number of ether oxygens (including phenoxy) is 1. The highest BCUT2D eigenvalue weighted by molar-refractivity contribution is 5.99. The number of hydrogen-bond donors (Lipinski definition) is 1. The lowest BCUT2D eigenvalue weighted by Crippen LogP contribution is -2.16. The van der Waals surface area contributed by atoms with Gasteiger partial charge in [-0.25, -0.2) is 4.79 Å². The van der Waals surface area contributed by atoms with Crippen molar-refractivity contribution < 1.29 is 14.3 Å². The molecular weight excluding hydrogens is 242 g/mol. The van der Waals surface area contributed by atoms with Crippen LogP contribution in [0.25, 0.3) is 0 Å². The van der Waals surface area contributed by atoms with E-state index >= 15 is 0 Å². The summed E-state index contributed by atoms with van der Waals surface area (Å²) in [7, 11) is 0. The van der Waals surface area contributed by atoms with Crippen LogP contribution in [0.3, 0.4) is 0 Å². The van der Waals surface area contributed by atoms with Crippen LogP contribution in [-0.4, -0.2) is 18.5 Å². The van der Waals surface area contributed by atoms with Crippen LogP contribution in [0.15, 0.2) is 42.5 Å². The van der Waals surface area contributed by atoms with E-state index in [0.29, 0.717) is 12.3 Å². The van der Waals surface area contributed by atoms with Gasteiger partial charge in [0, 0.05) is 11.3 Å².